The van der Waals surface area contributed by atoms with Gasteiger partial charge in [-0.2, -0.15) is 13.2 Å². The third kappa shape index (κ3) is 5.72. The summed E-state index contributed by atoms with van der Waals surface area (Å²) in [5, 5.41) is 23.1. The highest BCUT2D eigenvalue weighted by Gasteiger charge is 3.08. The van der Waals surface area contributed by atoms with Crippen molar-refractivity contribution in [2.45, 2.75) is 270 Å². The van der Waals surface area contributed by atoms with Crippen LogP contribution in [0, 0.1) is 51.8 Å². The second-order valence-electron chi connectivity index (χ2n) is 33.4. The maximum absolute atomic E-state index is 14.7. The first-order chi connectivity index (χ1) is 40.6. The van der Waals surface area contributed by atoms with Gasteiger partial charge >= 0.3 is 18.1 Å². The summed E-state index contributed by atoms with van der Waals surface area (Å²) in [5.41, 5.74) is -6.44. The van der Waals surface area contributed by atoms with Crippen molar-refractivity contribution < 1.29 is 100 Å². The lowest BCUT2D eigenvalue weighted by Crippen LogP contribution is -2.79. The molecule has 88 heavy (non-hydrogen) atoms. The SMILES string of the molecule is C=C1OCC2=C1CC[C@@]1(C)[C@H]2C[C@@H]2O[C@@]23[C@H](O)[C@@]2(C(C)C)O[C@H]2[C@@H]2O[C@@]231.CC(C)[C@]12O[C@H]1[C@@H]1O[C@@]13[C@@]1(C)CCC4=C(COC4=O)[C@@H]1C[C@@H]1O[C@@]13C2=O.CC(C)[C@]12O[C@H]1[C@@H]1O[C@]13[C@]1(O[C@H]1C[C@H]1C4=C(CC[C@@]13C)C(=O)OC4)[C@@]2(O)C(F)(F)F.C[Si](C)(C)C.O. The lowest BCUT2D eigenvalue weighted by atomic mass is 9.44. The predicted octanol–water partition coefficient (Wildman–Crippen LogP) is 6.57. The quantitative estimate of drug-likeness (QED) is 0.172. The third-order valence-electron chi connectivity index (χ3n) is 27.7. The number of ether oxygens (including phenoxy) is 12. The van der Waals surface area contributed by atoms with E-state index >= 15 is 0 Å². The Bertz CT molecular complexity index is 3420. The Balaban J connectivity index is 0.0000000983. The molecule has 482 valence electrons. The number of hydrogen-bond acceptors (Lipinski definition) is 17. The summed E-state index contributed by atoms with van der Waals surface area (Å²) in [7, 11) is -0.611. The summed E-state index contributed by atoms with van der Waals surface area (Å²) in [4.78, 5) is 37.8. The minimum absolute atomic E-state index is 0. The average molecular weight is 1250 g/mol. The van der Waals surface area contributed by atoms with Crippen molar-refractivity contribution in [2.24, 2.45) is 51.8 Å². The second kappa shape index (κ2) is 16.2. The summed E-state index contributed by atoms with van der Waals surface area (Å²) < 4.78 is 116. The standard InChI is InChI=1S/C21H23F3O6.C21H26O5.C20H22O6.C4H12Si.H2O/c1-8(2)17-13(29-17)14-19(30-14)16(3)5-4-9-10(7-27-15(9)25)11(16)6-12-18(19,28-12)20(17,26)21(22,23)24;1-9(2)19-15(25-19)16-21(26-16)18(4)6-5-11-10(3)23-8-12(11)13(18)7-14-20(21,24-14)17(19)22;1-8(2)18-13(25-18)14-20(26-14)17(3)5-4-9-10(7-23-15(9)21)11(17)6-12-19(20,24-12)16(18)22;1-5(2,3)4;/h8,11-14,26H,4-7H2,1-3H3;9,13-17,22H,3,5-8H2,1-2,4H3;8,11-14H,4-7H2,1-3H3;1-4H3;1H2/t11-,12-,13-,14-,16-,17-,18-,19+,20+;13-,14-,15-,16-,17+,18-,19-,20+,21+;11-,12-,13-,14-,17-,18-,19+,20+;;/m000../s1. The molecule has 0 radical (unpaired) electrons. The molecule has 22 heteroatoms. The normalized spacial score (nSPS) is 57.4. The van der Waals surface area contributed by atoms with Gasteiger partial charge in [0.05, 0.1) is 18.3 Å². The molecule has 18 nitrogen and oxygen atoms in total. The van der Waals surface area contributed by atoms with E-state index in [-0.39, 0.29) is 101 Å². The lowest BCUT2D eigenvalue weighted by molar-refractivity contribution is -0.325. The van der Waals surface area contributed by atoms with Crippen LogP contribution in [-0.2, 0) is 71.2 Å². The van der Waals surface area contributed by atoms with Gasteiger partial charge in [0.2, 0.25) is 11.4 Å². The number of ketones is 1. The zero-order valence-corrected chi connectivity index (χ0v) is 53.6. The zero-order valence-electron chi connectivity index (χ0n) is 52.6. The van der Waals surface area contributed by atoms with Gasteiger partial charge in [-0.05, 0) is 116 Å². The summed E-state index contributed by atoms with van der Waals surface area (Å²) in [6, 6.07) is 0. The molecule has 0 aromatic heterocycles. The number of aliphatic hydroxyl groups excluding tert-OH is 1. The van der Waals surface area contributed by atoms with Crippen LogP contribution in [0.25, 0.3) is 0 Å². The molecule has 0 aromatic carbocycles. The first-order valence-corrected chi connectivity index (χ1v) is 36.6. The second-order valence-corrected chi connectivity index (χ2v) is 39.4. The van der Waals surface area contributed by atoms with Gasteiger partial charge in [-0.25, -0.2) is 9.59 Å². The Morgan fingerprint density at radius 1 is 0.545 bits per heavy atom. The molecule has 0 unspecified atom stereocenters. The Morgan fingerprint density at radius 2 is 1.03 bits per heavy atom. The number of fused-ring (bicyclic) bond motifs is 12. The van der Waals surface area contributed by atoms with Crippen molar-refractivity contribution in [1.29, 1.82) is 0 Å². The number of alkyl halides is 3. The molecule has 21 aliphatic rings. The van der Waals surface area contributed by atoms with Crippen molar-refractivity contribution >= 4 is 25.8 Å². The summed E-state index contributed by atoms with van der Waals surface area (Å²) in [6.07, 6.45) is -1.47. The van der Waals surface area contributed by atoms with Gasteiger partial charge in [0, 0.05) is 35.5 Å². The molecule has 0 bridgehead atoms. The number of allylic oxidation sites excluding steroid dienone is 1. The van der Waals surface area contributed by atoms with Crippen LogP contribution in [0.15, 0.2) is 45.8 Å². The van der Waals surface area contributed by atoms with Gasteiger partial charge in [0.15, 0.2) is 22.4 Å². The molecule has 4 N–H and O–H groups in total. The van der Waals surface area contributed by atoms with Gasteiger partial charge in [-0.15, -0.1) is 0 Å². The maximum Gasteiger partial charge on any atom is 0.423 e. The van der Waals surface area contributed by atoms with E-state index in [2.05, 4.69) is 60.5 Å². The van der Waals surface area contributed by atoms with Gasteiger partial charge in [0.1, 0.15) is 96.3 Å². The van der Waals surface area contributed by atoms with Crippen molar-refractivity contribution in [1.82, 2.24) is 0 Å². The van der Waals surface area contributed by atoms with Crippen LogP contribution in [0.2, 0.25) is 26.2 Å². The molecular formula is C66H85F3O18Si. The maximum atomic E-state index is 14.7. The van der Waals surface area contributed by atoms with Crippen LogP contribution in [0.3, 0.4) is 0 Å². The van der Waals surface area contributed by atoms with E-state index in [0.29, 0.717) is 50.4 Å². The van der Waals surface area contributed by atoms with Crippen LogP contribution in [-0.4, -0.2) is 185 Å². The van der Waals surface area contributed by atoms with E-state index in [1.165, 1.54) is 11.1 Å². The molecule has 21 rings (SSSR count). The van der Waals surface area contributed by atoms with E-state index in [0.717, 1.165) is 54.6 Å². The highest BCUT2D eigenvalue weighted by atomic mass is 28.3. The Labute approximate surface area is 510 Å². The van der Waals surface area contributed by atoms with Crippen molar-refractivity contribution in [3.63, 3.8) is 0 Å². The molecule has 9 saturated heterocycles. The molecule has 15 fully saturated rings. The van der Waals surface area contributed by atoms with Crippen LogP contribution in [0.1, 0.15) is 120 Å². The molecule has 9 aliphatic carbocycles. The molecule has 12 heterocycles. The van der Waals surface area contributed by atoms with Crippen LogP contribution in [0.5, 0.6) is 0 Å². The average Bonchev–Trinajstić information content (AvgIpc) is 1.45. The van der Waals surface area contributed by atoms with Crippen molar-refractivity contribution in [2.75, 3.05) is 19.8 Å². The number of hydrogen-bond donors (Lipinski definition) is 2. The smallest absolute Gasteiger partial charge is 0.423 e. The van der Waals surface area contributed by atoms with E-state index in [9.17, 15) is 37.8 Å². The van der Waals surface area contributed by atoms with E-state index < -0.39 is 106 Å². The molecule has 6 saturated carbocycles. The Hall–Kier alpha value is -3.10. The number of cyclic esters (lactones) is 2. The first kappa shape index (κ1) is 58.7. The van der Waals surface area contributed by atoms with E-state index in [1.807, 2.05) is 20.8 Å². The van der Waals surface area contributed by atoms with Crippen LogP contribution < -0.4 is 0 Å². The van der Waals surface area contributed by atoms with Crippen molar-refractivity contribution in [3.05, 3.63) is 45.8 Å². The Kier molecular flexibility index (Phi) is 10.8. The zero-order chi connectivity index (χ0) is 61.5. The number of esters is 2. The molecule has 0 amide bonds. The number of carbonyl (C=O) groups excluding carboxylic acids is 3. The summed E-state index contributed by atoms with van der Waals surface area (Å²) in [5.74, 6) is 0.668. The van der Waals surface area contributed by atoms with Gasteiger partial charge < -0.3 is 72.5 Å². The fourth-order valence-corrected chi connectivity index (χ4v) is 23.5. The number of halogens is 3. The summed E-state index contributed by atoms with van der Waals surface area (Å²) in [6.45, 7) is 32.8. The highest BCUT2D eigenvalue weighted by Crippen LogP contribution is 2.88. The monoisotopic (exact) mass is 1250 g/mol. The first-order valence-electron chi connectivity index (χ1n) is 32.6. The lowest BCUT2D eigenvalue weighted by Gasteiger charge is -2.56. The Morgan fingerprint density at radius 3 is 1.60 bits per heavy atom. The largest absolute Gasteiger partial charge is 0.490 e. The number of carbonyl (C=O) groups is 3. The molecule has 26 atom stereocenters. The minimum atomic E-state index is -4.95. The van der Waals surface area contributed by atoms with E-state index in [1.54, 1.807) is 13.8 Å². The fourth-order valence-electron chi connectivity index (χ4n) is 23.5. The number of epoxide rings is 9. The molecular weight excluding hydrogens is 1170 g/mol. The van der Waals surface area contributed by atoms with Gasteiger partial charge in [-0.3, -0.25) is 4.79 Å². The number of Topliss-reactive ketones (excluding diaryl/α,β-unsaturated/α-hetero) is 1. The minimum Gasteiger partial charge on any atom is -0.490 e. The summed E-state index contributed by atoms with van der Waals surface area (Å²) >= 11 is 0. The van der Waals surface area contributed by atoms with Crippen LogP contribution in [0.4, 0.5) is 13.2 Å². The van der Waals surface area contributed by atoms with E-state index in [4.69, 9.17) is 56.8 Å². The van der Waals surface area contributed by atoms with Gasteiger partial charge in [-0.1, -0.05) is 95.1 Å². The predicted molar refractivity (Wildman–Crippen MR) is 302 cm³/mol. The number of aliphatic hydroxyl groups is 2. The molecule has 0 aromatic rings. The molecule has 12 aliphatic heterocycles. The van der Waals surface area contributed by atoms with Gasteiger partial charge in [0.25, 0.3) is 0 Å². The molecule has 6 spiro atoms. The number of rotatable bonds is 3. The third-order valence-corrected chi connectivity index (χ3v) is 27.7. The van der Waals surface area contributed by atoms with Crippen LogP contribution >= 0.6 is 0 Å². The van der Waals surface area contributed by atoms with Crippen molar-refractivity contribution in [3.8, 4) is 0 Å². The highest BCUT2D eigenvalue weighted by molar-refractivity contribution is 6.74. The topological polar surface area (TPSA) is 264 Å². The fraction of sp³-hybridized carbons (Fsp3) is 0.833.